The number of aromatic carboxylic acids is 1. The molecule has 0 atom stereocenters. The van der Waals surface area contributed by atoms with Crippen LogP contribution in [0.4, 0.5) is 0 Å². The summed E-state index contributed by atoms with van der Waals surface area (Å²) in [6, 6.07) is 5.08. The zero-order valence-corrected chi connectivity index (χ0v) is 10.8. The van der Waals surface area contributed by atoms with Gasteiger partial charge in [-0.25, -0.2) is 4.79 Å². The number of nitrogens with zero attached hydrogens (tertiary/aromatic N) is 1. The third kappa shape index (κ3) is 2.45. The number of fused-ring (bicyclic) bond motifs is 1. The Morgan fingerprint density at radius 2 is 2.11 bits per heavy atom. The normalized spacial score (nSPS) is 10.6. The smallest absolute Gasteiger partial charge is 0.335 e. The van der Waals surface area contributed by atoms with Gasteiger partial charge in [-0.3, -0.25) is 4.79 Å². The molecule has 0 aliphatic carbocycles. The largest absolute Gasteiger partial charge is 0.478 e. The van der Waals surface area contributed by atoms with Crippen molar-refractivity contribution in [3.8, 4) is 0 Å². The third-order valence-electron chi connectivity index (χ3n) is 3.09. The second kappa shape index (κ2) is 5.14. The first-order chi connectivity index (χ1) is 9.06. The zero-order valence-electron chi connectivity index (χ0n) is 10.8. The first-order valence-corrected chi connectivity index (χ1v) is 5.98. The summed E-state index contributed by atoms with van der Waals surface area (Å²) in [7, 11) is 1.34. The molecule has 5 heteroatoms. The van der Waals surface area contributed by atoms with Gasteiger partial charge in [0, 0.05) is 11.6 Å². The van der Waals surface area contributed by atoms with Crippen molar-refractivity contribution in [3.63, 3.8) is 0 Å². The Morgan fingerprint density at radius 3 is 2.68 bits per heavy atom. The van der Waals surface area contributed by atoms with Gasteiger partial charge in [-0.05, 0) is 30.2 Å². The van der Waals surface area contributed by atoms with E-state index in [1.807, 2.05) is 13.0 Å². The van der Waals surface area contributed by atoms with Crippen molar-refractivity contribution >= 4 is 22.8 Å². The fourth-order valence-corrected chi connectivity index (χ4v) is 2.17. The standard InChI is InChI=1S/C14H15NO4/c1-3-9-6-11(14(17)18)7-10-4-5-15(13(9)10)8-12(16)19-2/h4-7H,3,8H2,1-2H3,(H,17,18). The molecule has 0 fully saturated rings. The minimum Gasteiger partial charge on any atom is -0.478 e. The fourth-order valence-electron chi connectivity index (χ4n) is 2.17. The van der Waals surface area contributed by atoms with Gasteiger partial charge in [-0.2, -0.15) is 0 Å². The Morgan fingerprint density at radius 1 is 1.37 bits per heavy atom. The van der Waals surface area contributed by atoms with Crippen LogP contribution in [0, 0.1) is 0 Å². The van der Waals surface area contributed by atoms with E-state index >= 15 is 0 Å². The number of carboxylic acids is 1. The molecule has 1 aromatic heterocycles. The number of hydrogen-bond acceptors (Lipinski definition) is 3. The van der Waals surface area contributed by atoms with E-state index in [0.717, 1.165) is 16.5 Å². The predicted molar refractivity (Wildman–Crippen MR) is 70.3 cm³/mol. The monoisotopic (exact) mass is 261 g/mol. The highest BCUT2D eigenvalue weighted by Gasteiger charge is 2.13. The number of esters is 1. The third-order valence-corrected chi connectivity index (χ3v) is 3.09. The Labute approximate surface area is 110 Å². The molecule has 0 aliphatic heterocycles. The maximum atomic E-state index is 11.4. The van der Waals surface area contributed by atoms with Gasteiger partial charge in [0.1, 0.15) is 6.54 Å². The second-order valence-electron chi connectivity index (χ2n) is 4.25. The van der Waals surface area contributed by atoms with Crippen molar-refractivity contribution in [1.82, 2.24) is 4.57 Å². The van der Waals surface area contributed by atoms with E-state index in [4.69, 9.17) is 5.11 Å². The molecule has 2 aromatic rings. The van der Waals surface area contributed by atoms with Crippen LogP contribution in [0.25, 0.3) is 10.9 Å². The summed E-state index contributed by atoms with van der Waals surface area (Å²) in [5.74, 6) is -1.28. The van der Waals surface area contributed by atoms with Gasteiger partial charge in [0.15, 0.2) is 0 Å². The van der Waals surface area contributed by atoms with Crippen LogP contribution in [0.2, 0.25) is 0 Å². The van der Waals surface area contributed by atoms with Gasteiger partial charge in [0.25, 0.3) is 0 Å². The number of aromatic nitrogens is 1. The van der Waals surface area contributed by atoms with Crippen LogP contribution in [0.1, 0.15) is 22.8 Å². The van der Waals surface area contributed by atoms with E-state index in [1.54, 1.807) is 22.9 Å². The molecule has 2 rings (SSSR count). The summed E-state index contributed by atoms with van der Waals surface area (Å²) in [5, 5.41) is 9.89. The number of carboxylic acid groups (broad SMARTS) is 1. The number of benzene rings is 1. The Kier molecular flexibility index (Phi) is 3.55. The summed E-state index contributed by atoms with van der Waals surface area (Å²) in [5.41, 5.74) is 2.06. The highest BCUT2D eigenvalue weighted by molar-refractivity contribution is 5.95. The molecule has 0 aliphatic rings. The maximum Gasteiger partial charge on any atom is 0.335 e. The molecular formula is C14H15NO4. The minimum absolute atomic E-state index is 0.124. The topological polar surface area (TPSA) is 68.5 Å². The van der Waals surface area contributed by atoms with Gasteiger partial charge < -0.3 is 14.4 Å². The molecule has 1 heterocycles. The average molecular weight is 261 g/mol. The van der Waals surface area contributed by atoms with Crippen molar-refractivity contribution < 1.29 is 19.4 Å². The van der Waals surface area contributed by atoms with Crippen LogP contribution < -0.4 is 0 Å². The first-order valence-electron chi connectivity index (χ1n) is 5.98. The molecule has 0 unspecified atom stereocenters. The van der Waals surface area contributed by atoms with Gasteiger partial charge in [-0.15, -0.1) is 0 Å². The van der Waals surface area contributed by atoms with Gasteiger partial charge in [0.05, 0.1) is 18.2 Å². The number of rotatable bonds is 4. The number of aryl methyl sites for hydroxylation is 1. The van der Waals surface area contributed by atoms with E-state index in [2.05, 4.69) is 4.74 Å². The summed E-state index contributed by atoms with van der Waals surface area (Å²) in [6.45, 7) is 2.08. The van der Waals surface area contributed by atoms with Crippen LogP contribution in [-0.2, 0) is 22.5 Å². The SMILES string of the molecule is CCc1cc(C(=O)O)cc2ccn(CC(=O)OC)c12. The summed E-state index contributed by atoms with van der Waals surface area (Å²) >= 11 is 0. The van der Waals surface area contributed by atoms with Crippen LogP contribution >= 0.6 is 0 Å². The Hall–Kier alpha value is -2.30. The first kappa shape index (κ1) is 13.1. The molecular weight excluding hydrogens is 246 g/mol. The minimum atomic E-state index is -0.947. The van der Waals surface area contributed by atoms with E-state index in [9.17, 15) is 9.59 Å². The molecule has 1 aromatic carbocycles. The number of ether oxygens (including phenoxy) is 1. The molecule has 5 nitrogen and oxygen atoms in total. The molecule has 0 amide bonds. The highest BCUT2D eigenvalue weighted by atomic mass is 16.5. The molecule has 0 saturated carbocycles. The van der Waals surface area contributed by atoms with Gasteiger partial charge >= 0.3 is 11.9 Å². The van der Waals surface area contributed by atoms with E-state index < -0.39 is 5.97 Å². The van der Waals surface area contributed by atoms with Crippen molar-refractivity contribution in [2.45, 2.75) is 19.9 Å². The summed E-state index contributed by atoms with van der Waals surface area (Å²) < 4.78 is 6.44. The van der Waals surface area contributed by atoms with Crippen molar-refractivity contribution in [1.29, 1.82) is 0 Å². The second-order valence-corrected chi connectivity index (χ2v) is 4.25. The summed E-state index contributed by atoms with van der Waals surface area (Å²) in [6.07, 6.45) is 2.47. The lowest BCUT2D eigenvalue weighted by Crippen LogP contribution is -2.11. The molecule has 0 radical (unpaired) electrons. The predicted octanol–water partition coefficient (Wildman–Crippen LogP) is 2.07. The lowest BCUT2D eigenvalue weighted by molar-refractivity contribution is -0.141. The van der Waals surface area contributed by atoms with Gasteiger partial charge in [0.2, 0.25) is 0 Å². The van der Waals surface area contributed by atoms with Crippen LogP contribution in [0.15, 0.2) is 24.4 Å². The molecule has 0 spiro atoms. The lowest BCUT2D eigenvalue weighted by atomic mass is 10.0. The number of hydrogen-bond donors (Lipinski definition) is 1. The van der Waals surface area contributed by atoms with Crippen molar-refractivity contribution in [3.05, 3.63) is 35.5 Å². The van der Waals surface area contributed by atoms with E-state index in [0.29, 0.717) is 6.42 Å². The summed E-state index contributed by atoms with van der Waals surface area (Å²) in [4.78, 5) is 22.4. The van der Waals surface area contributed by atoms with E-state index in [1.165, 1.54) is 7.11 Å². The zero-order chi connectivity index (χ0) is 14.0. The maximum absolute atomic E-state index is 11.4. The molecule has 1 N–H and O–H groups in total. The van der Waals surface area contributed by atoms with Gasteiger partial charge in [-0.1, -0.05) is 6.92 Å². The molecule has 0 saturated heterocycles. The van der Waals surface area contributed by atoms with Crippen molar-refractivity contribution in [2.75, 3.05) is 7.11 Å². The molecule has 19 heavy (non-hydrogen) atoms. The Bertz CT molecular complexity index is 642. The molecule has 100 valence electrons. The van der Waals surface area contributed by atoms with Crippen LogP contribution in [0.3, 0.4) is 0 Å². The van der Waals surface area contributed by atoms with Crippen molar-refractivity contribution in [2.24, 2.45) is 0 Å². The fraction of sp³-hybridized carbons (Fsp3) is 0.286. The quantitative estimate of drug-likeness (QED) is 0.855. The average Bonchev–Trinajstić information content (AvgIpc) is 2.80. The number of carbonyl (C=O) groups is 2. The number of carbonyl (C=O) groups excluding carboxylic acids is 1. The lowest BCUT2D eigenvalue weighted by Gasteiger charge is -2.08. The van der Waals surface area contributed by atoms with Crippen LogP contribution in [0.5, 0.6) is 0 Å². The van der Waals surface area contributed by atoms with E-state index in [-0.39, 0.29) is 18.1 Å². The Balaban J connectivity index is 2.58. The number of methoxy groups -OCH3 is 1. The van der Waals surface area contributed by atoms with Crippen LogP contribution in [-0.4, -0.2) is 28.7 Å². The highest BCUT2D eigenvalue weighted by Crippen LogP contribution is 2.23. The molecule has 0 bridgehead atoms.